The number of amides is 1. The summed E-state index contributed by atoms with van der Waals surface area (Å²) < 4.78 is 13.6. The highest BCUT2D eigenvalue weighted by molar-refractivity contribution is 7.99. The van der Waals surface area contributed by atoms with Crippen LogP contribution in [-0.4, -0.2) is 24.0 Å². The van der Waals surface area contributed by atoms with Crippen LogP contribution >= 0.6 is 35.1 Å². The molecule has 0 atom stereocenters. The minimum atomic E-state index is -0.281. The van der Waals surface area contributed by atoms with Gasteiger partial charge in [-0.2, -0.15) is 11.8 Å². The van der Waals surface area contributed by atoms with E-state index in [1.165, 1.54) is 17.2 Å². The van der Waals surface area contributed by atoms with E-state index in [4.69, 9.17) is 11.6 Å². The van der Waals surface area contributed by atoms with Crippen molar-refractivity contribution in [3.8, 4) is 0 Å². The van der Waals surface area contributed by atoms with Crippen LogP contribution in [0.3, 0.4) is 0 Å². The lowest BCUT2D eigenvalue weighted by Crippen LogP contribution is -2.27. The molecule has 1 amide bonds. The van der Waals surface area contributed by atoms with E-state index in [1.807, 2.05) is 0 Å². The van der Waals surface area contributed by atoms with Crippen molar-refractivity contribution >= 4 is 41.0 Å². The second-order valence-corrected chi connectivity index (χ2v) is 8.08. The van der Waals surface area contributed by atoms with Gasteiger partial charge in [-0.1, -0.05) is 47.5 Å². The minimum absolute atomic E-state index is 0.0293. The van der Waals surface area contributed by atoms with Gasteiger partial charge < -0.3 is 5.32 Å². The summed E-state index contributed by atoms with van der Waals surface area (Å²) in [7, 11) is 0. The topological polar surface area (TPSA) is 29.1 Å². The monoisotopic (exact) mass is 397 g/mol. The molecule has 2 aromatic rings. The number of halogens is 2. The molecule has 0 saturated heterocycles. The second kappa shape index (κ2) is 10.7. The van der Waals surface area contributed by atoms with Gasteiger partial charge in [0.2, 0.25) is 5.91 Å². The summed E-state index contributed by atoms with van der Waals surface area (Å²) in [5, 5.41) is 3.33. The summed E-state index contributed by atoms with van der Waals surface area (Å²) in [6.07, 6.45) is 0. The molecule has 0 heterocycles. The molecule has 6 heteroatoms. The number of carbonyl (C=O) groups excluding carboxylic acids is 1. The number of aryl methyl sites for hydroxylation is 1. The summed E-state index contributed by atoms with van der Waals surface area (Å²) in [5.41, 5.74) is 2.98. The van der Waals surface area contributed by atoms with E-state index in [-0.39, 0.29) is 11.7 Å². The largest absolute Gasteiger partial charge is 0.355 e. The Labute approximate surface area is 161 Å². The number of carbonyl (C=O) groups is 1. The Kier molecular flexibility index (Phi) is 8.65. The van der Waals surface area contributed by atoms with Gasteiger partial charge in [0.25, 0.3) is 0 Å². The molecular formula is C19H21ClFNOS2. The van der Waals surface area contributed by atoms with E-state index in [9.17, 15) is 9.18 Å². The average Bonchev–Trinajstić information content (AvgIpc) is 2.58. The molecule has 2 rings (SSSR count). The van der Waals surface area contributed by atoms with E-state index < -0.39 is 0 Å². The highest BCUT2D eigenvalue weighted by atomic mass is 35.5. The standard InChI is InChI=1S/C19H21ClFNOS2/c1-14-5-7-15(8-6-14)11-25-13-19(23)22-9-10-24-12-16-17(20)3-2-4-18(16)21/h2-8H,9-13H2,1H3,(H,22,23). The lowest BCUT2D eigenvalue weighted by atomic mass is 10.2. The van der Waals surface area contributed by atoms with Crippen LogP contribution in [-0.2, 0) is 16.3 Å². The summed E-state index contributed by atoms with van der Waals surface area (Å²) in [6, 6.07) is 13.0. The fraction of sp³-hybridized carbons (Fsp3) is 0.316. The fourth-order valence-corrected chi connectivity index (χ4v) is 4.12. The first kappa shape index (κ1) is 20.1. The quantitative estimate of drug-likeness (QED) is 0.599. The molecule has 0 spiro atoms. The van der Waals surface area contributed by atoms with Crippen LogP contribution in [0.1, 0.15) is 16.7 Å². The number of benzene rings is 2. The van der Waals surface area contributed by atoms with E-state index in [0.29, 0.717) is 28.6 Å². The molecule has 134 valence electrons. The molecule has 0 bridgehead atoms. The third-order valence-corrected chi connectivity index (χ3v) is 5.84. The molecule has 2 aromatic carbocycles. The summed E-state index contributed by atoms with van der Waals surface area (Å²) in [5.74, 6) is 2.24. The first-order valence-electron chi connectivity index (χ1n) is 7.97. The molecular weight excluding hydrogens is 377 g/mol. The Hall–Kier alpha value is -1.17. The molecule has 0 unspecified atom stereocenters. The molecule has 25 heavy (non-hydrogen) atoms. The molecule has 1 N–H and O–H groups in total. The fourth-order valence-electron chi connectivity index (χ4n) is 2.10. The van der Waals surface area contributed by atoms with Crippen molar-refractivity contribution in [1.29, 1.82) is 0 Å². The lowest BCUT2D eigenvalue weighted by Gasteiger charge is -2.07. The first-order valence-corrected chi connectivity index (χ1v) is 10.7. The van der Waals surface area contributed by atoms with Gasteiger partial charge in [-0.15, -0.1) is 11.8 Å². The van der Waals surface area contributed by atoms with E-state index >= 15 is 0 Å². The van der Waals surface area contributed by atoms with Crippen molar-refractivity contribution in [1.82, 2.24) is 5.32 Å². The second-order valence-electron chi connectivity index (χ2n) is 5.58. The maximum absolute atomic E-state index is 13.6. The summed E-state index contributed by atoms with van der Waals surface area (Å²) >= 11 is 9.14. The van der Waals surface area contributed by atoms with E-state index in [2.05, 4.69) is 36.5 Å². The molecule has 0 radical (unpaired) electrons. The van der Waals surface area contributed by atoms with Crippen molar-refractivity contribution in [2.45, 2.75) is 18.4 Å². The zero-order valence-corrected chi connectivity index (χ0v) is 16.4. The summed E-state index contributed by atoms with van der Waals surface area (Å²) in [4.78, 5) is 11.8. The summed E-state index contributed by atoms with van der Waals surface area (Å²) in [6.45, 7) is 2.63. The van der Waals surface area contributed by atoms with Crippen LogP contribution in [0.25, 0.3) is 0 Å². The maximum Gasteiger partial charge on any atom is 0.230 e. The van der Waals surface area contributed by atoms with Crippen molar-refractivity contribution in [3.05, 3.63) is 70.0 Å². The molecule has 0 saturated carbocycles. The van der Waals surface area contributed by atoms with Crippen molar-refractivity contribution in [2.24, 2.45) is 0 Å². The highest BCUT2D eigenvalue weighted by Gasteiger charge is 2.07. The SMILES string of the molecule is Cc1ccc(CSCC(=O)NCCSCc2c(F)cccc2Cl)cc1. The van der Waals surface area contributed by atoms with Crippen LogP contribution in [0, 0.1) is 12.7 Å². The van der Waals surface area contributed by atoms with Gasteiger partial charge in [0.1, 0.15) is 5.82 Å². The third kappa shape index (κ3) is 7.30. The van der Waals surface area contributed by atoms with Crippen molar-refractivity contribution in [3.63, 3.8) is 0 Å². The van der Waals surface area contributed by atoms with Crippen molar-refractivity contribution in [2.75, 3.05) is 18.1 Å². The van der Waals surface area contributed by atoms with E-state index in [0.717, 1.165) is 11.5 Å². The molecule has 0 aliphatic carbocycles. The van der Waals surface area contributed by atoms with Crippen LogP contribution in [0.15, 0.2) is 42.5 Å². The third-order valence-electron chi connectivity index (χ3n) is 3.50. The number of nitrogens with one attached hydrogen (secondary N) is 1. The van der Waals surface area contributed by atoms with Gasteiger partial charge >= 0.3 is 0 Å². The first-order chi connectivity index (χ1) is 12.1. The lowest BCUT2D eigenvalue weighted by molar-refractivity contribution is -0.118. The maximum atomic E-state index is 13.6. The number of hydrogen-bond acceptors (Lipinski definition) is 3. The zero-order valence-electron chi connectivity index (χ0n) is 14.1. The van der Waals surface area contributed by atoms with Gasteiger partial charge in [-0.05, 0) is 24.6 Å². The predicted octanol–water partition coefficient (Wildman–Crippen LogP) is 5.07. The minimum Gasteiger partial charge on any atom is -0.355 e. The molecule has 0 aliphatic rings. The van der Waals surface area contributed by atoms with Gasteiger partial charge in [0.15, 0.2) is 0 Å². The number of rotatable bonds is 9. The molecule has 0 fully saturated rings. The molecule has 2 nitrogen and oxygen atoms in total. The Morgan fingerprint density at radius 2 is 1.88 bits per heavy atom. The Morgan fingerprint density at radius 1 is 1.12 bits per heavy atom. The zero-order chi connectivity index (χ0) is 18.1. The number of thioether (sulfide) groups is 2. The normalized spacial score (nSPS) is 10.7. The highest BCUT2D eigenvalue weighted by Crippen LogP contribution is 2.23. The van der Waals surface area contributed by atoms with Crippen LogP contribution in [0.5, 0.6) is 0 Å². The van der Waals surface area contributed by atoms with Gasteiger partial charge in [0.05, 0.1) is 5.75 Å². The van der Waals surface area contributed by atoms with Crippen molar-refractivity contribution < 1.29 is 9.18 Å². The predicted molar refractivity (Wildman–Crippen MR) is 108 cm³/mol. The van der Waals surface area contributed by atoms with E-state index in [1.54, 1.807) is 35.7 Å². The smallest absolute Gasteiger partial charge is 0.230 e. The Bertz CT molecular complexity index is 674. The number of hydrogen-bond donors (Lipinski definition) is 1. The molecule has 0 aliphatic heterocycles. The average molecular weight is 398 g/mol. The Morgan fingerprint density at radius 3 is 2.60 bits per heavy atom. The van der Waals surface area contributed by atoms with Gasteiger partial charge in [-0.25, -0.2) is 4.39 Å². The Balaban J connectivity index is 1.57. The van der Waals surface area contributed by atoms with Crippen LogP contribution in [0.4, 0.5) is 4.39 Å². The van der Waals surface area contributed by atoms with Crippen LogP contribution < -0.4 is 5.32 Å². The van der Waals surface area contributed by atoms with Crippen LogP contribution in [0.2, 0.25) is 5.02 Å². The molecule has 0 aromatic heterocycles. The van der Waals surface area contributed by atoms with Gasteiger partial charge in [-0.3, -0.25) is 4.79 Å². The van der Waals surface area contributed by atoms with Gasteiger partial charge in [0, 0.05) is 34.4 Å².